The number of carbonyl (C=O) groups is 3. The maximum absolute atomic E-state index is 13.2. The van der Waals surface area contributed by atoms with Crippen LogP contribution in [0.3, 0.4) is 0 Å². The van der Waals surface area contributed by atoms with Crippen molar-refractivity contribution in [3.63, 3.8) is 0 Å². The van der Waals surface area contributed by atoms with Crippen molar-refractivity contribution in [3.8, 4) is 0 Å². The molecule has 0 saturated heterocycles. The molecule has 0 aliphatic heterocycles. The molecule has 1 atom stereocenters. The molecule has 37 heavy (non-hydrogen) atoms. The van der Waals surface area contributed by atoms with E-state index < -0.39 is 17.4 Å². The number of fused-ring (bicyclic) bond motifs is 1. The number of methoxy groups -OCH3 is 3. The standard InChI is InChI=1S/C30H38O7/c1-7-8-14-24(34-4)26-20(3)37-25-18-30(28(32)35-5,29(33)36-6)17-23(27(25)26)22(16-15-19(2)31)21-12-10-9-11-13-21/h9-13,24H,7-8,14-18H2,1-6H3/b23-22+/t24-/m0/s1. The fourth-order valence-electron chi connectivity index (χ4n) is 5.39. The van der Waals surface area contributed by atoms with Gasteiger partial charge in [0.15, 0.2) is 5.41 Å². The molecule has 1 heterocycles. The summed E-state index contributed by atoms with van der Waals surface area (Å²) in [5.41, 5.74) is 2.79. The molecular formula is C30H38O7. The zero-order valence-electron chi connectivity index (χ0n) is 22.8. The lowest BCUT2D eigenvalue weighted by molar-refractivity contribution is -0.169. The molecule has 1 aliphatic rings. The molecule has 0 N–H and O–H groups in total. The van der Waals surface area contributed by atoms with Crippen molar-refractivity contribution in [2.24, 2.45) is 5.41 Å². The van der Waals surface area contributed by atoms with E-state index >= 15 is 0 Å². The predicted molar refractivity (Wildman–Crippen MR) is 141 cm³/mol. The molecule has 1 aromatic heterocycles. The minimum Gasteiger partial charge on any atom is -0.468 e. The molecule has 0 fully saturated rings. The van der Waals surface area contributed by atoms with Gasteiger partial charge in [0.2, 0.25) is 0 Å². The van der Waals surface area contributed by atoms with Gasteiger partial charge in [0.05, 0.1) is 20.3 Å². The number of allylic oxidation sites excluding steroid dienone is 2. The van der Waals surface area contributed by atoms with Gasteiger partial charge in [0.1, 0.15) is 17.3 Å². The Labute approximate surface area is 219 Å². The van der Waals surface area contributed by atoms with Crippen LogP contribution in [0.1, 0.15) is 86.7 Å². The third-order valence-electron chi connectivity index (χ3n) is 7.24. The number of ether oxygens (including phenoxy) is 3. The smallest absolute Gasteiger partial charge is 0.324 e. The maximum atomic E-state index is 13.2. The molecule has 0 amide bonds. The van der Waals surface area contributed by atoms with Crippen molar-refractivity contribution >= 4 is 28.9 Å². The maximum Gasteiger partial charge on any atom is 0.324 e. The number of esters is 2. The predicted octanol–water partition coefficient (Wildman–Crippen LogP) is 6.02. The monoisotopic (exact) mass is 510 g/mol. The van der Waals surface area contributed by atoms with Crippen LogP contribution in [0.5, 0.6) is 0 Å². The summed E-state index contributed by atoms with van der Waals surface area (Å²) in [5, 5.41) is 0. The molecule has 0 radical (unpaired) electrons. The minimum atomic E-state index is -1.60. The number of rotatable bonds is 11. The first-order valence-electron chi connectivity index (χ1n) is 12.8. The third-order valence-corrected chi connectivity index (χ3v) is 7.24. The van der Waals surface area contributed by atoms with Crippen molar-refractivity contribution in [1.82, 2.24) is 0 Å². The highest BCUT2D eigenvalue weighted by molar-refractivity contribution is 6.06. The van der Waals surface area contributed by atoms with E-state index in [2.05, 4.69) is 6.92 Å². The second kappa shape index (κ2) is 12.4. The molecule has 2 aromatic rings. The Bertz CT molecular complexity index is 1140. The molecule has 0 saturated carbocycles. The molecule has 3 rings (SSSR count). The van der Waals surface area contributed by atoms with Gasteiger partial charge >= 0.3 is 11.9 Å². The quantitative estimate of drug-likeness (QED) is 0.269. The van der Waals surface area contributed by atoms with Crippen molar-refractivity contribution < 1.29 is 33.0 Å². The number of hydrogen-bond donors (Lipinski definition) is 0. The lowest BCUT2D eigenvalue weighted by atomic mass is 9.68. The summed E-state index contributed by atoms with van der Waals surface area (Å²) in [6.07, 6.45) is 3.44. The summed E-state index contributed by atoms with van der Waals surface area (Å²) in [7, 11) is 4.22. The van der Waals surface area contributed by atoms with Crippen LogP contribution in [0, 0.1) is 12.3 Å². The van der Waals surface area contributed by atoms with Crippen molar-refractivity contribution in [1.29, 1.82) is 0 Å². The summed E-state index contributed by atoms with van der Waals surface area (Å²) < 4.78 is 22.5. The fraction of sp³-hybridized carbons (Fsp3) is 0.500. The van der Waals surface area contributed by atoms with Crippen molar-refractivity contribution in [2.75, 3.05) is 21.3 Å². The average Bonchev–Trinajstić information content (AvgIpc) is 3.23. The third kappa shape index (κ3) is 5.72. The van der Waals surface area contributed by atoms with E-state index in [1.807, 2.05) is 37.3 Å². The summed E-state index contributed by atoms with van der Waals surface area (Å²) in [4.78, 5) is 38.5. The lowest BCUT2D eigenvalue weighted by Gasteiger charge is -2.34. The lowest BCUT2D eigenvalue weighted by Crippen LogP contribution is -2.45. The normalized spacial score (nSPS) is 16.5. The highest BCUT2D eigenvalue weighted by Gasteiger charge is 2.54. The second-order valence-corrected chi connectivity index (χ2v) is 9.68. The number of Topliss-reactive ketones (excluding diaryl/α,β-unsaturated/α-hetero) is 1. The highest BCUT2D eigenvalue weighted by Crippen LogP contribution is 2.51. The molecule has 1 aromatic carbocycles. The zero-order valence-corrected chi connectivity index (χ0v) is 22.8. The van der Waals surface area contributed by atoms with Gasteiger partial charge < -0.3 is 23.4 Å². The van der Waals surface area contributed by atoms with Crippen molar-refractivity contribution in [2.45, 2.75) is 71.8 Å². The van der Waals surface area contributed by atoms with E-state index in [9.17, 15) is 14.4 Å². The zero-order chi connectivity index (χ0) is 27.2. The molecular weight excluding hydrogens is 472 g/mol. The number of benzene rings is 1. The number of furan rings is 1. The number of carbonyl (C=O) groups excluding carboxylic acids is 3. The van der Waals surface area contributed by atoms with Gasteiger partial charge in [0, 0.05) is 37.5 Å². The number of ketones is 1. The van der Waals surface area contributed by atoms with Gasteiger partial charge in [-0.2, -0.15) is 0 Å². The number of hydrogen-bond acceptors (Lipinski definition) is 7. The molecule has 0 spiro atoms. The topological polar surface area (TPSA) is 92.0 Å². The van der Waals surface area contributed by atoms with Crippen molar-refractivity contribution in [3.05, 3.63) is 58.5 Å². The van der Waals surface area contributed by atoms with Gasteiger partial charge in [-0.25, -0.2) is 0 Å². The van der Waals surface area contributed by atoms with Crippen LogP contribution >= 0.6 is 0 Å². The van der Waals surface area contributed by atoms with Gasteiger partial charge in [-0.05, 0) is 43.4 Å². The first-order chi connectivity index (χ1) is 17.7. The molecule has 7 heteroatoms. The van der Waals surface area contributed by atoms with Gasteiger partial charge in [0.25, 0.3) is 0 Å². The summed E-state index contributed by atoms with van der Waals surface area (Å²) >= 11 is 0. The Morgan fingerprint density at radius 1 is 1.00 bits per heavy atom. The molecule has 7 nitrogen and oxygen atoms in total. The van der Waals surface area contributed by atoms with Crippen LogP contribution in [-0.2, 0) is 35.0 Å². The minimum absolute atomic E-state index is 0.0189. The second-order valence-electron chi connectivity index (χ2n) is 9.68. The summed E-state index contributed by atoms with van der Waals surface area (Å²) in [6.45, 7) is 5.58. The highest BCUT2D eigenvalue weighted by atomic mass is 16.5. The Kier molecular flexibility index (Phi) is 9.49. The van der Waals surface area contributed by atoms with Crippen LogP contribution in [0.2, 0.25) is 0 Å². The molecule has 0 bridgehead atoms. The van der Waals surface area contributed by atoms with Crippen LogP contribution in [0.15, 0.2) is 34.7 Å². The largest absolute Gasteiger partial charge is 0.468 e. The van der Waals surface area contributed by atoms with Crippen LogP contribution in [-0.4, -0.2) is 39.1 Å². The van der Waals surface area contributed by atoms with E-state index in [4.69, 9.17) is 18.6 Å². The van der Waals surface area contributed by atoms with E-state index in [0.717, 1.165) is 47.1 Å². The Hall–Kier alpha value is -3.19. The first kappa shape index (κ1) is 28.4. The van der Waals surface area contributed by atoms with Gasteiger partial charge in [-0.1, -0.05) is 50.1 Å². The fourth-order valence-corrected chi connectivity index (χ4v) is 5.39. The Morgan fingerprint density at radius 2 is 1.65 bits per heavy atom. The summed E-state index contributed by atoms with van der Waals surface area (Å²) in [5.74, 6) is -0.0781. The van der Waals surface area contributed by atoms with E-state index in [1.54, 1.807) is 14.0 Å². The van der Waals surface area contributed by atoms with Gasteiger partial charge in [-0.3, -0.25) is 9.59 Å². The van der Waals surface area contributed by atoms with Crippen LogP contribution in [0.25, 0.3) is 11.1 Å². The number of aryl methyl sites for hydroxylation is 1. The average molecular weight is 511 g/mol. The SMILES string of the molecule is CCCC[C@H](OC)c1c(C)oc2c1/C(=C(\CCC(C)=O)c1ccccc1)CC(C(=O)OC)(C(=O)OC)C2. The molecule has 0 unspecified atom stereocenters. The number of unbranched alkanes of at least 4 members (excludes halogenated alkanes) is 1. The Morgan fingerprint density at radius 3 is 2.19 bits per heavy atom. The molecule has 200 valence electrons. The van der Waals surface area contributed by atoms with E-state index in [0.29, 0.717) is 24.4 Å². The van der Waals surface area contributed by atoms with Crippen LogP contribution in [0.4, 0.5) is 0 Å². The Balaban J connectivity index is 2.40. The first-order valence-corrected chi connectivity index (χ1v) is 12.8. The summed E-state index contributed by atoms with van der Waals surface area (Å²) in [6, 6.07) is 9.75. The van der Waals surface area contributed by atoms with E-state index in [1.165, 1.54) is 14.2 Å². The van der Waals surface area contributed by atoms with Crippen LogP contribution < -0.4 is 0 Å². The molecule has 1 aliphatic carbocycles. The van der Waals surface area contributed by atoms with E-state index in [-0.39, 0.29) is 24.7 Å². The van der Waals surface area contributed by atoms with Gasteiger partial charge in [-0.15, -0.1) is 0 Å².